The van der Waals surface area contributed by atoms with E-state index in [4.69, 9.17) is 4.74 Å². The molecule has 0 radical (unpaired) electrons. The number of hydrogen-bond acceptors (Lipinski definition) is 2. The van der Waals surface area contributed by atoms with E-state index in [0.717, 1.165) is 22.3 Å². The lowest BCUT2D eigenvalue weighted by Gasteiger charge is -2.27. The van der Waals surface area contributed by atoms with Crippen LogP contribution in [0, 0.1) is 19.8 Å². The van der Waals surface area contributed by atoms with Crippen molar-refractivity contribution in [2.24, 2.45) is 5.92 Å². The van der Waals surface area contributed by atoms with Crippen molar-refractivity contribution >= 4 is 0 Å². The summed E-state index contributed by atoms with van der Waals surface area (Å²) < 4.78 is 6.09. The number of benzene rings is 2. The van der Waals surface area contributed by atoms with E-state index in [1.807, 2.05) is 49.4 Å². The van der Waals surface area contributed by atoms with E-state index in [1.54, 1.807) is 0 Å². The first-order valence-corrected chi connectivity index (χ1v) is 7.91. The fourth-order valence-corrected chi connectivity index (χ4v) is 2.63. The average molecular weight is 298 g/mol. The molecule has 2 heteroatoms. The molecule has 0 spiro atoms. The molecule has 118 valence electrons. The van der Waals surface area contributed by atoms with Crippen molar-refractivity contribution in [2.75, 3.05) is 6.61 Å². The second-order valence-electron chi connectivity index (χ2n) is 6.31. The zero-order chi connectivity index (χ0) is 16.1. The molecule has 2 aromatic rings. The van der Waals surface area contributed by atoms with E-state index >= 15 is 0 Å². The van der Waals surface area contributed by atoms with Gasteiger partial charge < -0.3 is 9.84 Å². The highest BCUT2D eigenvalue weighted by molar-refractivity contribution is 5.34. The van der Waals surface area contributed by atoms with Crippen LogP contribution < -0.4 is 0 Å². The molecule has 1 N–H and O–H groups in total. The van der Waals surface area contributed by atoms with Gasteiger partial charge in [0.1, 0.15) is 12.2 Å². The number of aryl methyl sites for hydroxylation is 2. The maximum atomic E-state index is 10.9. The molecule has 0 aromatic heterocycles. The lowest BCUT2D eigenvalue weighted by atomic mass is 9.93. The highest BCUT2D eigenvalue weighted by Crippen LogP contribution is 2.35. The molecule has 22 heavy (non-hydrogen) atoms. The van der Waals surface area contributed by atoms with Gasteiger partial charge in [-0.1, -0.05) is 62.4 Å². The Labute approximate surface area is 133 Å². The minimum absolute atomic E-state index is 0.343. The number of aliphatic hydroxyl groups is 1. The molecule has 0 aliphatic rings. The van der Waals surface area contributed by atoms with Gasteiger partial charge in [0, 0.05) is 6.61 Å². The Morgan fingerprint density at radius 3 is 1.86 bits per heavy atom. The number of aliphatic hydroxyl groups excluding tert-OH is 1. The molecule has 0 heterocycles. The Bertz CT molecular complexity index is 604. The summed E-state index contributed by atoms with van der Waals surface area (Å²) >= 11 is 0. The second kappa shape index (κ2) is 7.57. The van der Waals surface area contributed by atoms with Gasteiger partial charge in [-0.2, -0.15) is 0 Å². The van der Waals surface area contributed by atoms with Crippen molar-refractivity contribution in [1.82, 2.24) is 0 Å². The molecule has 2 rings (SSSR count). The van der Waals surface area contributed by atoms with Gasteiger partial charge >= 0.3 is 0 Å². The van der Waals surface area contributed by atoms with Gasteiger partial charge in [-0.25, -0.2) is 0 Å². The van der Waals surface area contributed by atoms with Gasteiger partial charge in [-0.15, -0.1) is 0 Å². The van der Waals surface area contributed by atoms with Gasteiger partial charge in [0.15, 0.2) is 0 Å². The standard InChI is InChI=1S/C20H26O2/c1-14(2)13-22-20(18-12-8-6-10-16(18)4)19(21)17-11-7-5-9-15(17)3/h5-12,14,19-21H,13H2,1-4H3/t19-,20+/m1/s1. The molecule has 0 unspecified atom stereocenters. The molecule has 0 saturated carbocycles. The van der Waals surface area contributed by atoms with Crippen LogP contribution >= 0.6 is 0 Å². The first-order valence-electron chi connectivity index (χ1n) is 7.91. The van der Waals surface area contributed by atoms with Crippen LogP contribution in [0.3, 0.4) is 0 Å². The van der Waals surface area contributed by atoms with E-state index in [1.165, 1.54) is 0 Å². The number of hydrogen-bond donors (Lipinski definition) is 1. The first-order chi connectivity index (χ1) is 10.5. The number of rotatable bonds is 6. The maximum Gasteiger partial charge on any atom is 0.113 e. The fourth-order valence-electron chi connectivity index (χ4n) is 2.63. The van der Waals surface area contributed by atoms with Crippen LogP contribution in [-0.4, -0.2) is 11.7 Å². The molecule has 0 amide bonds. The lowest BCUT2D eigenvalue weighted by Crippen LogP contribution is -2.18. The molecular formula is C20H26O2. The molecule has 2 nitrogen and oxygen atoms in total. The van der Waals surface area contributed by atoms with E-state index in [9.17, 15) is 5.11 Å². The Morgan fingerprint density at radius 2 is 1.36 bits per heavy atom. The lowest BCUT2D eigenvalue weighted by molar-refractivity contribution is -0.0506. The van der Waals surface area contributed by atoms with Gasteiger partial charge in [0.2, 0.25) is 0 Å². The van der Waals surface area contributed by atoms with Gasteiger partial charge in [-0.3, -0.25) is 0 Å². The summed E-state index contributed by atoms with van der Waals surface area (Å²) in [5.41, 5.74) is 4.21. The molecule has 2 aromatic carbocycles. The SMILES string of the molecule is Cc1ccccc1[C@@H](O)[C@@H](OCC(C)C)c1ccccc1C. The van der Waals surface area contributed by atoms with Crippen molar-refractivity contribution in [3.63, 3.8) is 0 Å². The molecule has 0 bridgehead atoms. The molecule has 0 aliphatic heterocycles. The van der Waals surface area contributed by atoms with E-state index in [2.05, 4.69) is 26.8 Å². The summed E-state index contributed by atoms with van der Waals surface area (Å²) in [6.07, 6.45) is -1.01. The van der Waals surface area contributed by atoms with Crippen LogP contribution in [0.5, 0.6) is 0 Å². The topological polar surface area (TPSA) is 29.5 Å². The highest BCUT2D eigenvalue weighted by Gasteiger charge is 2.26. The van der Waals surface area contributed by atoms with Gasteiger partial charge in [0.05, 0.1) is 0 Å². The van der Waals surface area contributed by atoms with E-state index in [-0.39, 0.29) is 6.10 Å². The van der Waals surface area contributed by atoms with Crippen LogP contribution in [-0.2, 0) is 4.74 Å². The predicted octanol–water partition coefficient (Wildman–Crippen LogP) is 4.75. The molecule has 2 atom stereocenters. The predicted molar refractivity (Wildman–Crippen MR) is 90.8 cm³/mol. The minimum Gasteiger partial charge on any atom is -0.385 e. The third kappa shape index (κ3) is 3.96. The van der Waals surface area contributed by atoms with Crippen molar-refractivity contribution in [2.45, 2.75) is 39.9 Å². The smallest absolute Gasteiger partial charge is 0.113 e. The molecule has 0 saturated heterocycles. The number of ether oxygens (including phenoxy) is 1. The Morgan fingerprint density at radius 1 is 0.864 bits per heavy atom. The summed E-state index contributed by atoms with van der Waals surface area (Å²) in [4.78, 5) is 0. The van der Waals surface area contributed by atoms with Gasteiger partial charge in [0.25, 0.3) is 0 Å². The Kier molecular flexibility index (Phi) is 5.76. The minimum atomic E-state index is -0.666. The van der Waals surface area contributed by atoms with Crippen LogP contribution in [0.2, 0.25) is 0 Å². The maximum absolute atomic E-state index is 10.9. The fraction of sp³-hybridized carbons (Fsp3) is 0.400. The zero-order valence-electron chi connectivity index (χ0n) is 13.9. The second-order valence-corrected chi connectivity index (χ2v) is 6.31. The summed E-state index contributed by atoms with van der Waals surface area (Å²) in [6, 6.07) is 16.1. The van der Waals surface area contributed by atoms with Crippen molar-refractivity contribution in [1.29, 1.82) is 0 Å². The summed E-state index contributed by atoms with van der Waals surface area (Å²) in [5.74, 6) is 0.426. The van der Waals surface area contributed by atoms with Crippen LogP contribution in [0.4, 0.5) is 0 Å². The highest BCUT2D eigenvalue weighted by atomic mass is 16.5. The summed E-state index contributed by atoms with van der Waals surface area (Å²) in [7, 11) is 0. The van der Waals surface area contributed by atoms with Crippen molar-refractivity contribution < 1.29 is 9.84 Å². The Hall–Kier alpha value is -1.64. The van der Waals surface area contributed by atoms with E-state index in [0.29, 0.717) is 12.5 Å². The van der Waals surface area contributed by atoms with Crippen LogP contribution in [0.15, 0.2) is 48.5 Å². The monoisotopic (exact) mass is 298 g/mol. The van der Waals surface area contributed by atoms with Crippen LogP contribution in [0.25, 0.3) is 0 Å². The summed E-state index contributed by atoms with van der Waals surface area (Å²) in [5, 5.41) is 10.9. The summed E-state index contributed by atoms with van der Waals surface area (Å²) in [6.45, 7) is 8.95. The first kappa shape index (κ1) is 16.7. The third-order valence-electron chi connectivity index (χ3n) is 3.90. The molecular weight excluding hydrogens is 272 g/mol. The normalized spacial score (nSPS) is 14.1. The van der Waals surface area contributed by atoms with Crippen molar-refractivity contribution in [3.8, 4) is 0 Å². The Balaban J connectivity index is 2.36. The van der Waals surface area contributed by atoms with Crippen molar-refractivity contribution in [3.05, 3.63) is 70.8 Å². The zero-order valence-corrected chi connectivity index (χ0v) is 13.9. The molecule has 0 aliphatic carbocycles. The third-order valence-corrected chi connectivity index (χ3v) is 3.90. The van der Waals surface area contributed by atoms with Gasteiger partial charge in [-0.05, 0) is 42.0 Å². The quantitative estimate of drug-likeness (QED) is 0.834. The largest absolute Gasteiger partial charge is 0.385 e. The average Bonchev–Trinajstić information content (AvgIpc) is 2.49. The van der Waals surface area contributed by atoms with E-state index < -0.39 is 6.10 Å². The molecule has 0 fully saturated rings. The van der Waals surface area contributed by atoms with Crippen LogP contribution in [0.1, 0.15) is 48.3 Å².